The molecule has 1 heterocycles. The number of carbonyl (C=O) groups excluding carboxylic acids is 2. The third kappa shape index (κ3) is 5.58. The smallest absolute Gasteiger partial charge is 0.311 e. The molecule has 0 saturated carbocycles. The van der Waals surface area contributed by atoms with E-state index in [1.807, 2.05) is 32.2 Å². The summed E-state index contributed by atoms with van der Waals surface area (Å²) in [5, 5.41) is 7.10. The van der Waals surface area contributed by atoms with Crippen molar-refractivity contribution in [1.82, 2.24) is 5.32 Å². The summed E-state index contributed by atoms with van der Waals surface area (Å²) in [7, 11) is 0. The molecule has 0 unspecified atom stereocenters. The van der Waals surface area contributed by atoms with Crippen molar-refractivity contribution in [2.75, 3.05) is 6.54 Å². The number of amides is 1. The van der Waals surface area contributed by atoms with Crippen molar-refractivity contribution >= 4 is 34.8 Å². The second-order valence-electron chi connectivity index (χ2n) is 6.14. The van der Waals surface area contributed by atoms with Gasteiger partial charge >= 0.3 is 5.97 Å². The third-order valence-electron chi connectivity index (χ3n) is 3.76. The van der Waals surface area contributed by atoms with E-state index in [4.69, 9.17) is 16.3 Å². The summed E-state index contributed by atoms with van der Waals surface area (Å²) in [6, 6.07) is 5.42. The highest BCUT2D eigenvalue weighted by atomic mass is 35.5. The molecule has 0 radical (unpaired) electrons. The van der Waals surface area contributed by atoms with Crippen LogP contribution in [0.25, 0.3) is 0 Å². The van der Waals surface area contributed by atoms with Crippen LogP contribution in [0.3, 0.4) is 0 Å². The molecule has 0 bridgehead atoms. The summed E-state index contributed by atoms with van der Waals surface area (Å²) in [6.07, 6.45) is 0.765. The largest absolute Gasteiger partial charge is 0.426 e. The zero-order chi connectivity index (χ0) is 18.4. The predicted octanol–water partition coefficient (Wildman–Crippen LogP) is 4.95. The fraction of sp³-hybridized carbons (Fsp3) is 0.368. The van der Waals surface area contributed by atoms with E-state index >= 15 is 0 Å². The number of carbonyl (C=O) groups is 2. The fourth-order valence-corrected chi connectivity index (χ4v) is 3.12. The number of hydrogen-bond acceptors (Lipinski definition) is 4. The summed E-state index contributed by atoms with van der Waals surface area (Å²) in [5.74, 6) is 0.327. The minimum Gasteiger partial charge on any atom is -0.426 e. The first-order valence-electron chi connectivity index (χ1n) is 8.19. The summed E-state index contributed by atoms with van der Waals surface area (Å²) < 4.78 is 5.51. The highest BCUT2D eigenvalue weighted by molar-refractivity contribution is 7.08. The Hall–Kier alpha value is -1.85. The van der Waals surface area contributed by atoms with Gasteiger partial charge in [0.1, 0.15) is 5.75 Å². The van der Waals surface area contributed by atoms with Crippen LogP contribution >= 0.6 is 22.9 Å². The van der Waals surface area contributed by atoms with Crippen molar-refractivity contribution in [3.63, 3.8) is 0 Å². The van der Waals surface area contributed by atoms with Gasteiger partial charge < -0.3 is 10.1 Å². The molecule has 0 saturated heterocycles. The molecule has 6 heteroatoms. The lowest BCUT2D eigenvalue weighted by Gasteiger charge is -2.15. The van der Waals surface area contributed by atoms with E-state index in [9.17, 15) is 9.59 Å². The maximum Gasteiger partial charge on any atom is 0.311 e. The van der Waals surface area contributed by atoms with Gasteiger partial charge in [0.25, 0.3) is 5.91 Å². The Balaban J connectivity index is 1.84. The highest BCUT2D eigenvalue weighted by Crippen LogP contribution is 2.32. The first kappa shape index (κ1) is 19.5. The van der Waals surface area contributed by atoms with E-state index in [1.165, 1.54) is 11.3 Å². The van der Waals surface area contributed by atoms with Gasteiger partial charge in [0.05, 0.1) is 0 Å². The van der Waals surface area contributed by atoms with Crippen LogP contribution in [-0.4, -0.2) is 18.4 Å². The number of hydrogen-bond donors (Lipinski definition) is 1. The van der Waals surface area contributed by atoms with Gasteiger partial charge in [0.2, 0.25) is 0 Å². The number of benzene rings is 1. The minimum absolute atomic E-state index is 0.120. The normalized spacial score (nSPS) is 10.8. The molecule has 2 aromatic rings. The summed E-state index contributed by atoms with van der Waals surface area (Å²) in [4.78, 5) is 23.9. The van der Waals surface area contributed by atoms with Crippen LogP contribution in [0.1, 0.15) is 54.1 Å². The number of halogens is 1. The molecule has 0 fully saturated rings. The molecule has 0 aliphatic carbocycles. The Morgan fingerprint density at radius 3 is 2.72 bits per heavy atom. The van der Waals surface area contributed by atoms with E-state index in [2.05, 4.69) is 5.32 Å². The highest BCUT2D eigenvalue weighted by Gasteiger charge is 2.14. The lowest BCUT2D eigenvalue weighted by Crippen LogP contribution is -2.24. The number of rotatable bonds is 7. The maximum atomic E-state index is 12.1. The molecule has 1 N–H and O–H groups in total. The molecule has 134 valence electrons. The fourth-order valence-electron chi connectivity index (χ4n) is 2.31. The van der Waals surface area contributed by atoms with E-state index in [0.29, 0.717) is 29.3 Å². The zero-order valence-electron chi connectivity index (χ0n) is 14.6. The van der Waals surface area contributed by atoms with Crippen LogP contribution in [-0.2, 0) is 4.79 Å². The monoisotopic (exact) mass is 379 g/mol. The van der Waals surface area contributed by atoms with Gasteiger partial charge in [-0.25, -0.2) is 0 Å². The van der Waals surface area contributed by atoms with Crippen LogP contribution in [0.4, 0.5) is 0 Å². The maximum absolute atomic E-state index is 12.1. The Kier molecular flexibility index (Phi) is 7.02. The van der Waals surface area contributed by atoms with Crippen molar-refractivity contribution in [2.45, 2.75) is 39.5 Å². The molecule has 1 aromatic carbocycles. The van der Waals surface area contributed by atoms with Gasteiger partial charge in [0.15, 0.2) is 0 Å². The van der Waals surface area contributed by atoms with Crippen LogP contribution < -0.4 is 10.1 Å². The van der Waals surface area contributed by atoms with Gasteiger partial charge in [-0.3, -0.25) is 9.59 Å². The van der Waals surface area contributed by atoms with E-state index in [0.717, 1.165) is 11.1 Å². The molecule has 1 amide bonds. The van der Waals surface area contributed by atoms with Gasteiger partial charge in [-0.15, -0.1) is 0 Å². The number of ether oxygens (including phenoxy) is 1. The van der Waals surface area contributed by atoms with Crippen molar-refractivity contribution in [3.8, 4) is 5.75 Å². The number of thiophene rings is 1. The van der Waals surface area contributed by atoms with Crippen LogP contribution in [0.15, 0.2) is 29.0 Å². The molecule has 25 heavy (non-hydrogen) atoms. The molecular weight excluding hydrogens is 358 g/mol. The molecule has 1 aromatic heterocycles. The SMILES string of the molecule is Cc1cc(OC(=O)CCCNC(=O)c2ccsc2)c(C(C)C)cc1Cl. The third-order valence-corrected chi connectivity index (χ3v) is 4.85. The second kappa shape index (κ2) is 9.02. The van der Waals surface area contributed by atoms with Gasteiger partial charge in [-0.1, -0.05) is 25.4 Å². The van der Waals surface area contributed by atoms with Crippen molar-refractivity contribution < 1.29 is 14.3 Å². The molecule has 0 spiro atoms. The first-order valence-corrected chi connectivity index (χ1v) is 9.51. The molecule has 2 rings (SSSR count). The van der Waals surface area contributed by atoms with Gasteiger partial charge in [-0.05, 0) is 54.0 Å². The van der Waals surface area contributed by atoms with Crippen LogP contribution in [0, 0.1) is 6.92 Å². The lowest BCUT2D eigenvalue weighted by molar-refractivity contribution is -0.134. The van der Waals surface area contributed by atoms with Crippen molar-refractivity contribution in [2.24, 2.45) is 0 Å². The Morgan fingerprint density at radius 2 is 2.08 bits per heavy atom. The first-order chi connectivity index (χ1) is 11.9. The molecule has 0 aliphatic heterocycles. The Bertz CT molecular complexity index is 741. The van der Waals surface area contributed by atoms with Crippen molar-refractivity contribution in [3.05, 3.63) is 50.7 Å². The van der Waals surface area contributed by atoms with E-state index < -0.39 is 0 Å². The van der Waals surface area contributed by atoms with Crippen LogP contribution in [0.2, 0.25) is 5.02 Å². The van der Waals surface area contributed by atoms with Gasteiger partial charge in [-0.2, -0.15) is 11.3 Å². The summed E-state index contributed by atoms with van der Waals surface area (Å²) in [6.45, 7) is 6.36. The predicted molar refractivity (Wildman–Crippen MR) is 102 cm³/mol. The Morgan fingerprint density at radius 1 is 1.32 bits per heavy atom. The summed E-state index contributed by atoms with van der Waals surface area (Å²) >= 11 is 7.64. The summed E-state index contributed by atoms with van der Waals surface area (Å²) in [5.41, 5.74) is 2.43. The molecule has 4 nitrogen and oxygen atoms in total. The van der Waals surface area contributed by atoms with Crippen molar-refractivity contribution in [1.29, 1.82) is 0 Å². The molecule has 0 aliphatic rings. The lowest BCUT2D eigenvalue weighted by atomic mass is 10.0. The standard InChI is InChI=1S/C19H22ClNO3S/c1-12(2)15-10-16(20)13(3)9-17(15)24-18(22)5-4-7-21-19(23)14-6-8-25-11-14/h6,8-12H,4-5,7H2,1-3H3,(H,21,23). The van der Waals surface area contributed by atoms with E-state index in [-0.39, 0.29) is 24.2 Å². The second-order valence-corrected chi connectivity index (χ2v) is 7.33. The minimum atomic E-state index is -0.312. The quantitative estimate of drug-likeness (QED) is 0.420. The molecular formula is C19H22ClNO3S. The average molecular weight is 380 g/mol. The number of esters is 1. The Labute approximate surface area is 157 Å². The number of aryl methyl sites for hydroxylation is 1. The molecule has 0 atom stereocenters. The van der Waals surface area contributed by atoms with Crippen LogP contribution in [0.5, 0.6) is 5.75 Å². The average Bonchev–Trinajstić information content (AvgIpc) is 3.09. The zero-order valence-corrected chi connectivity index (χ0v) is 16.2. The van der Waals surface area contributed by atoms with E-state index in [1.54, 1.807) is 17.5 Å². The number of nitrogens with one attached hydrogen (secondary N) is 1. The topological polar surface area (TPSA) is 55.4 Å². The van der Waals surface area contributed by atoms with Gasteiger partial charge in [0, 0.05) is 28.9 Å².